The van der Waals surface area contributed by atoms with Crippen LogP contribution in [0.15, 0.2) is 48.6 Å². The highest BCUT2D eigenvalue weighted by molar-refractivity contribution is 5.84. The van der Waals surface area contributed by atoms with Crippen molar-refractivity contribution in [1.29, 1.82) is 0 Å². The van der Waals surface area contributed by atoms with Gasteiger partial charge in [0.25, 0.3) is 0 Å². The number of allylic oxidation sites excluding steroid dienone is 5. The van der Waals surface area contributed by atoms with Gasteiger partial charge in [-0.25, -0.2) is 0 Å². The van der Waals surface area contributed by atoms with Crippen LogP contribution in [0.5, 0.6) is 0 Å². The first-order valence-electron chi connectivity index (χ1n) is 9.69. The van der Waals surface area contributed by atoms with Crippen LogP contribution >= 0.6 is 0 Å². The van der Waals surface area contributed by atoms with Gasteiger partial charge in [-0.15, -0.1) is 0 Å². The number of carbonyl (C=O) groups excluding carboxylic acids is 1. The minimum absolute atomic E-state index is 0.109. The van der Waals surface area contributed by atoms with Crippen LogP contribution in [0.4, 0.5) is 0 Å². The minimum atomic E-state index is -0.782. The molecule has 1 aliphatic rings. The van der Waals surface area contributed by atoms with Gasteiger partial charge in [0.15, 0.2) is 0 Å². The second kappa shape index (κ2) is 13.2. The molecule has 0 aromatic carbocycles. The molecule has 1 aliphatic carbocycles. The van der Waals surface area contributed by atoms with E-state index in [1.807, 2.05) is 43.4 Å². The molecule has 3 N–H and O–H groups in total. The maximum Gasteiger partial charge on any atom is 0.303 e. The first kappa shape index (κ1) is 23.1. The summed E-state index contributed by atoms with van der Waals surface area (Å²) >= 11 is 0. The van der Waals surface area contributed by atoms with Crippen molar-refractivity contribution in [3.8, 4) is 0 Å². The van der Waals surface area contributed by atoms with Crippen molar-refractivity contribution < 1.29 is 24.9 Å². The molecule has 0 aliphatic heterocycles. The van der Waals surface area contributed by atoms with E-state index in [1.54, 1.807) is 12.2 Å². The maximum absolute atomic E-state index is 11.8. The number of Topliss-reactive ketones (excluding diaryl/α,β-unsaturated/α-hetero) is 1. The summed E-state index contributed by atoms with van der Waals surface area (Å²) in [5.74, 6) is -0.997. The summed E-state index contributed by atoms with van der Waals surface area (Å²) in [5, 5.41) is 28.5. The second-order valence-corrected chi connectivity index (χ2v) is 6.84. The quantitative estimate of drug-likeness (QED) is 0.453. The number of aliphatic hydroxyl groups excluding tert-OH is 2. The molecule has 0 bridgehead atoms. The number of hydrogen-bond donors (Lipinski definition) is 3. The van der Waals surface area contributed by atoms with E-state index in [1.165, 1.54) is 0 Å². The number of carbonyl (C=O) groups is 2. The second-order valence-electron chi connectivity index (χ2n) is 6.84. The molecule has 150 valence electrons. The predicted molar refractivity (Wildman–Crippen MR) is 106 cm³/mol. The van der Waals surface area contributed by atoms with Crippen LogP contribution in [-0.4, -0.2) is 39.3 Å². The average Bonchev–Trinajstić information content (AvgIpc) is 2.90. The van der Waals surface area contributed by atoms with Crippen LogP contribution in [0, 0.1) is 11.8 Å². The standard InChI is InChI=1S/C22H32O5/c1-2-18-19(21(25)16-20(18)24)15-14-17(23)12-10-8-6-4-3-5-7-9-11-13-22(26)27/h3-4,7-10,14-15,17-19,21,23,25H,2,5-6,11-13,16H2,1H3,(H,26,27)/b4-3-,9-7-,10-8-,15-14+/t17-,18+,19-,21-/m0/s1. The smallest absolute Gasteiger partial charge is 0.303 e. The van der Waals surface area contributed by atoms with Gasteiger partial charge in [0.05, 0.1) is 12.2 Å². The van der Waals surface area contributed by atoms with Crippen molar-refractivity contribution in [2.24, 2.45) is 11.8 Å². The molecule has 0 saturated heterocycles. The SMILES string of the molecule is CC[C@H]1C(=O)C[C@H](O)[C@H]1/C=C/[C@@H](O)C/C=C\C/C=C\C/C=C\CCC(=O)O. The van der Waals surface area contributed by atoms with Gasteiger partial charge >= 0.3 is 5.97 Å². The van der Waals surface area contributed by atoms with Gasteiger partial charge in [0.1, 0.15) is 5.78 Å². The Morgan fingerprint density at radius 2 is 1.78 bits per heavy atom. The molecule has 0 spiro atoms. The first-order chi connectivity index (χ1) is 13.0. The van der Waals surface area contributed by atoms with Gasteiger partial charge in [-0.05, 0) is 32.1 Å². The Hall–Kier alpha value is -1.98. The van der Waals surface area contributed by atoms with Crippen LogP contribution in [-0.2, 0) is 9.59 Å². The number of rotatable bonds is 12. The molecule has 0 aromatic heterocycles. The Labute approximate surface area is 161 Å². The van der Waals surface area contributed by atoms with Gasteiger partial charge in [0.2, 0.25) is 0 Å². The summed E-state index contributed by atoms with van der Waals surface area (Å²) in [4.78, 5) is 22.1. The number of ketones is 1. The fourth-order valence-corrected chi connectivity index (χ4v) is 3.18. The van der Waals surface area contributed by atoms with Crippen molar-refractivity contribution in [2.45, 2.75) is 64.1 Å². The summed E-state index contributed by atoms with van der Waals surface area (Å²) < 4.78 is 0. The van der Waals surface area contributed by atoms with Crippen LogP contribution in [0.3, 0.4) is 0 Å². The molecular weight excluding hydrogens is 344 g/mol. The molecule has 1 rings (SSSR count). The number of carboxylic acids is 1. The maximum atomic E-state index is 11.8. The summed E-state index contributed by atoms with van der Waals surface area (Å²) in [6.45, 7) is 1.94. The Bertz CT molecular complexity index is 573. The zero-order chi connectivity index (χ0) is 20.1. The van der Waals surface area contributed by atoms with Crippen molar-refractivity contribution in [3.05, 3.63) is 48.6 Å². The van der Waals surface area contributed by atoms with E-state index < -0.39 is 18.2 Å². The summed E-state index contributed by atoms with van der Waals surface area (Å²) in [7, 11) is 0. The lowest BCUT2D eigenvalue weighted by Crippen LogP contribution is -2.18. The minimum Gasteiger partial charge on any atom is -0.481 e. The average molecular weight is 376 g/mol. The number of hydrogen-bond acceptors (Lipinski definition) is 4. The largest absolute Gasteiger partial charge is 0.481 e. The van der Waals surface area contributed by atoms with Crippen LogP contribution in [0.25, 0.3) is 0 Å². The Balaban J connectivity index is 2.22. The summed E-state index contributed by atoms with van der Waals surface area (Å²) in [6.07, 6.45) is 17.6. The zero-order valence-corrected chi connectivity index (χ0v) is 16.0. The lowest BCUT2D eigenvalue weighted by molar-refractivity contribution is -0.136. The highest BCUT2D eigenvalue weighted by atomic mass is 16.4. The third-order valence-electron chi connectivity index (χ3n) is 4.67. The predicted octanol–water partition coefficient (Wildman–Crippen LogP) is 3.58. The van der Waals surface area contributed by atoms with Gasteiger partial charge in [0, 0.05) is 24.7 Å². The molecule has 4 atom stereocenters. The van der Waals surface area contributed by atoms with Crippen LogP contribution < -0.4 is 0 Å². The topological polar surface area (TPSA) is 94.8 Å². The summed E-state index contributed by atoms with van der Waals surface area (Å²) in [6, 6.07) is 0. The van der Waals surface area contributed by atoms with Crippen molar-refractivity contribution >= 4 is 11.8 Å². The highest BCUT2D eigenvalue weighted by Gasteiger charge is 2.38. The van der Waals surface area contributed by atoms with E-state index in [4.69, 9.17) is 5.11 Å². The molecule has 0 heterocycles. The van der Waals surface area contributed by atoms with E-state index in [-0.39, 0.29) is 30.5 Å². The molecule has 0 radical (unpaired) electrons. The molecule has 0 unspecified atom stereocenters. The lowest BCUT2D eigenvalue weighted by atomic mass is 9.91. The normalized spacial score (nSPS) is 24.9. The number of carboxylic acid groups (broad SMARTS) is 1. The number of aliphatic hydroxyl groups is 2. The van der Waals surface area contributed by atoms with E-state index in [0.717, 1.165) is 12.8 Å². The van der Waals surface area contributed by atoms with Crippen LogP contribution in [0.1, 0.15) is 51.9 Å². The van der Waals surface area contributed by atoms with Gasteiger partial charge in [-0.1, -0.05) is 55.5 Å². The Morgan fingerprint density at radius 3 is 2.41 bits per heavy atom. The first-order valence-corrected chi connectivity index (χ1v) is 9.69. The van der Waals surface area contributed by atoms with Gasteiger partial charge in [-0.2, -0.15) is 0 Å². The van der Waals surface area contributed by atoms with Crippen molar-refractivity contribution in [3.63, 3.8) is 0 Å². The van der Waals surface area contributed by atoms with E-state index >= 15 is 0 Å². The Morgan fingerprint density at radius 1 is 1.15 bits per heavy atom. The Kier molecular flexibility index (Phi) is 11.3. The monoisotopic (exact) mass is 376 g/mol. The fraction of sp³-hybridized carbons (Fsp3) is 0.545. The molecule has 0 amide bonds. The third kappa shape index (κ3) is 9.50. The molecule has 5 heteroatoms. The molecule has 0 aromatic rings. The number of aliphatic carboxylic acids is 1. The zero-order valence-electron chi connectivity index (χ0n) is 16.0. The van der Waals surface area contributed by atoms with Gasteiger partial charge < -0.3 is 15.3 Å². The highest BCUT2D eigenvalue weighted by Crippen LogP contribution is 2.32. The van der Waals surface area contributed by atoms with E-state index in [9.17, 15) is 19.8 Å². The van der Waals surface area contributed by atoms with E-state index in [0.29, 0.717) is 19.3 Å². The summed E-state index contributed by atoms with van der Waals surface area (Å²) in [5.41, 5.74) is 0. The molecular formula is C22H32O5. The molecule has 27 heavy (non-hydrogen) atoms. The molecule has 1 fully saturated rings. The van der Waals surface area contributed by atoms with E-state index in [2.05, 4.69) is 0 Å². The van der Waals surface area contributed by atoms with Crippen molar-refractivity contribution in [2.75, 3.05) is 0 Å². The third-order valence-corrected chi connectivity index (χ3v) is 4.67. The molecule has 1 saturated carbocycles. The lowest BCUT2D eigenvalue weighted by Gasteiger charge is -2.16. The molecule has 5 nitrogen and oxygen atoms in total. The van der Waals surface area contributed by atoms with Crippen LogP contribution in [0.2, 0.25) is 0 Å². The van der Waals surface area contributed by atoms with Gasteiger partial charge in [-0.3, -0.25) is 9.59 Å². The van der Waals surface area contributed by atoms with Crippen molar-refractivity contribution in [1.82, 2.24) is 0 Å². The fourth-order valence-electron chi connectivity index (χ4n) is 3.18.